The van der Waals surface area contributed by atoms with Crippen LogP contribution in [0, 0.1) is 5.92 Å². The first-order valence-electron chi connectivity index (χ1n) is 6.17. The summed E-state index contributed by atoms with van der Waals surface area (Å²) in [5.41, 5.74) is 0.781. The van der Waals surface area contributed by atoms with Gasteiger partial charge in [-0.3, -0.25) is 4.79 Å². The smallest absolute Gasteiger partial charge is 0.406 e. The average Bonchev–Trinajstić information content (AvgIpc) is 2.99. The number of alkyl halides is 5. The molecule has 0 aliphatic heterocycles. The lowest BCUT2D eigenvalue weighted by molar-refractivity contribution is -0.274. The summed E-state index contributed by atoms with van der Waals surface area (Å²) in [5, 5.41) is 2.68. The van der Waals surface area contributed by atoms with Gasteiger partial charge in [0.1, 0.15) is 10.1 Å². The van der Waals surface area contributed by atoms with Crippen molar-refractivity contribution in [3.8, 4) is 5.75 Å². The van der Waals surface area contributed by atoms with Gasteiger partial charge in [0.2, 0.25) is 5.91 Å². The highest BCUT2D eigenvalue weighted by Crippen LogP contribution is 2.53. The molecule has 116 valence electrons. The van der Waals surface area contributed by atoms with Gasteiger partial charge in [-0.1, -0.05) is 12.1 Å². The van der Waals surface area contributed by atoms with Crippen LogP contribution in [0.4, 0.5) is 13.2 Å². The van der Waals surface area contributed by atoms with Crippen molar-refractivity contribution in [3.05, 3.63) is 29.8 Å². The molecule has 21 heavy (non-hydrogen) atoms. The van der Waals surface area contributed by atoms with Crippen LogP contribution in [-0.4, -0.2) is 23.1 Å². The molecule has 1 amide bonds. The fraction of sp³-hybridized carbons (Fsp3) is 0.462. The maximum atomic E-state index is 12.0. The van der Waals surface area contributed by atoms with E-state index in [-0.39, 0.29) is 17.6 Å². The standard InChI is InChI=1S/C13H12Cl2F3NO2/c14-12(15)7-10(12)11(20)19-6-5-8-1-3-9(4-2-8)21-13(16,17)18/h1-4,10H,5-7H2,(H,19,20). The summed E-state index contributed by atoms with van der Waals surface area (Å²) in [7, 11) is 0. The minimum absolute atomic E-state index is 0.211. The van der Waals surface area contributed by atoms with E-state index in [2.05, 4.69) is 10.1 Å². The van der Waals surface area contributed by atoms with Gasteiger partial charge in [-0.25, -0.2) is 0 Å². The summed E-state index contributed by atoms with van der Waals surface area (Å²) >= 11 is 11.5. The summed E-state index contributed by atoms with van der Waals surface area (Å²) < 4.78 is 38.8. The first kappa shape index (κ1) is 16.2. The van der Waals surface area contributed by atoms with Gasteiger partial charge < -0.3 is 10.1 Å². The summed E-state index contributed by atoms with van der Waals surface area (Å²) in [5.74, 6) is -0.872. The highest BCUT2D eigenvalue weighted by Gasteiger charge is 2.56. The van der Waals surface area contributed by atoms with Gasteiger partial charge in [-0.15, -0.1) is 36.4 Å². The molecule has 1 saturated carbocycles. The van der Waals surface area contributed by atoms with Crippen LogP contribution in [0.3, 0.4) is 0 Å². The normalized spacial score (nSPS) is 20.0. The Morgan fingerprint density at radius 2 is 1.90 bits per heavy atom. The van der Waals surface area contributed by atoms with E-state index in [1.54, 1.807) is 0 Å². The molecule has 0 spiro atoms. The summed E-state index contributed by atoms with van der Waals surface area (Å²) in [6, 6.07) is 5.48. The molecule has 1 aliphatic carbocycles. The van der Waals surface area contributed by atoms with E-state index in [0.29, 0.717) is 19.4 Å². The molecule has 3 nitrogen and oxygen atoms in total. The Morgan fingerprint density at radius 3 is 2.38 bits per heavy atom. The molecule has 0 saturated heterocycles. The Kier molecular flexibility index (Phi) is 4.58. The highest BCUT2D eigenvalue weighted by atomic mass is 35.5. The van der Waals surface area contributed by atoms with E-state index in [9.17, 15) is 18.0 Å². The minimum atomic E-state index is -4.70. The number of benzene rings is 1. The van der Waals surface area contributed by atoms with Crippen molar-refractivity contribution in [2.75, 3.05) is 6.54 Å². The maximum Gasteiger partial charge on any atom is 0.573 e. The fourth-order valence-corrected chi connectivity index (χ4v) is 2.32. The van der Waals surface area contributed by atoms with Crippen molar-refractivity contribution in [3.63, 3.8) is 0 Å². The molecule has 0 radical (unpaired) electrons. The zero-order valence-corrected chi connectivity index (χ0v) is 12.2. The molecular formula is C13H12Cl2F3NO2. The summed E-state index contributed by atoms with van der Waals surface area (Å²) in [6.45, 7) is 0.360. The Morgan fingerprint density at radius 1 is 1.33 bits per heavy atom. The second-order valence-corrected chi connectivity index (χ2v) is 6.29. The van der Waals surface area contributed by atoms with E-state index in [1.807, 2.05) is 0 Å². The number of ether oxygens (including phenoxy) is 1. The van der Waals surface area contributed by atoms with Crippen LogP contribution < -0.4 is 10.1 Å². The first-order valence-corrected chi connectivity index (χ1v) is 6.93. The summed E-state index contributed by atoms with van der Waals surface area (Å²) in [6.07, 6.45) is -3.77. The molecule has 0 heterocycles. The minimum Gasteiger partial charge on any atom is -0.406 e. The number of halogens is 5. The van der Waals surface area contributed by atoms with E-state index < -0.39 is 10.7 Å². The highest BCUT2D eigenvalue weighted by molar-refractivity contribution is 6.52. The third-order valence-corrected chi connectivity index (χ3v) is 3.85. The average molecular weight is 342 g/mol. The number of hydrogen-bond acceptors (Lipinski definition) is 2. The number of carbonyl (C=O) groups is 1. The Labute approximate surface area is 129 Å². The number of hydrogen-bond donors (Lipinski definition) is 1. The van der Waals surface area contributed by atoms with Crippen LogP contribution >= 0.6 is 23.2 Å². The lowest BCUT2D eigenvalue weighted by Gasteiger charge is -2.09. The van der Waals surface area contributed by atoms with Crippen molar-refractivity contribution in [1.29, 1.82) is 0 Å². The van der Waals surface area contributed by atoms with Crippen molar-refractivity contribution in [2.45, 2.75) is 23.5 Å². The molecule has 1 aromatic carbocycles. The van der Waals surface area contributed by atoms with Crippen molar-refractivity contribution in [2.24, 2.45) is 5.92 Å². The van der Waals surface area contributed by atoms with Crippen LogP contribution in [0.2, 0.25) is 0 Å². The van der Waals surface area contributed by atoms with Gasteiger partial charge in [0.25, 0.3) is 0 Å². The van der Waals surface area contributed by atoms with Crippen LogP contribution in [0.15, 0.2) is 24.3 Å². The number of rotatable bonds is 5. The van der Waals surface area contributed by atoms with Gasteiger partial charge in [-0.05, 0) is 30.5 Å². The first-order chi connectivity index (χ1) is 9.67. The van der Waals surface area contributed by atoms with Crippen LogP contribution in [0.5, 0.6) is 5.75 Å². The molecule has 1 fully saturated rings. The molecule has 1 unspecified atom stereocenters. The van der Waals surface area contributed by atoms with Crippen LogP contribution in [-0.2, 0) is 11.2 Å². The Balaban J connectivity index is 1.75. The van der Waals surface area contributed by atoms with Crippen LogP contribution in [0.1, 0.15) is 12.0 Å². The number of carbonyl (C=O) groups excluding carboxylic acids is 1. The third kappa shape index (κ3) is 4.97. The molecule has 1 aromatic rings. The molecule has 2 rings (SSSR count). The Bertz CT molecular complexity index is 517. The largest absolute Gasteiger partial charge is 0.573 e. The maximum absolute atomic E-state index is 12.0. The SMILES string of the molecule is O=C(NCCc1ccc(OC(F)(F)F)cc1)C1CC1(Cl)Cl. The van der Waals surface area contributed by atoms with Gasteiger partial charge in [0.15, 0.2) is 0 Å². The predicted molar refractivity (Wildman–Crippen MR) is 72.4 cm³/mol. The van der Waals surface area contributed by atoms with Crippen molar-refractivity contribution < 1.29 is 22.7 Å². The molecule has 1 N–H and O–H groups in total. The topological polar surface area (TPSA) is 38.3 Å². The second-order valence-electron chi connectivity index (χ2n) is 4.75. The van der Waals surface area contributed by atoms with Crippen molar-refractivity contribution >= 4 is 29.1 Å². The van der Waals surface area contributed by atoms with E-state index in [1.165, 1.54) is 24.3 Å². The zero-order chi connectivity index (χ0) is 15.7. The molecule has 1 atom stereocenters. The lowest BCUT2D eigenvalue weighted by atomic mass is 10.1. The van der Waals surface area contributed by atoms with Gasteiger partial charge in [-0.2, -0.15) is 0 Å². The van der Waals surface area contributed by atoms with E-state index in [4.69, 9.17) is 23.2 Å². The summed E-state index contributed by atoms with van der Waals surface area (Å²) in [4.78, 5) is 11.6. The predicted octanol–water partition coefficient (Wildman–Crippen LogP) is 3.44. The third-order valence-electron chi connectivity index (χ3n) is 3.01. The van der Waals surface area contributed by atoms with Crippen LogP contribution in [0.25, 0.3) is 0 Å². The monoisotopic (exact) mass is 341 g/mol. The number of nitrogens with one attached hydrogen (secondary N) is 1. The van der Waals surface area contributed by atoms with E-state index in [0.717, 1.165) is 5.56 Å². The molecule has 1 aliphatic rings. The van der Waals surface area contributed by atoms with Gasteiger partial charge >= 0.3 is 6.36 Å². The van der Waals surface area contributed by atoms with Gasteiger partial charge in [0, 0.05) is 6.54 Å². The van der Waals surface area contributed by atoms with Crippen molar-refractivity contribution in [1.82, 2.24) is 5.32 Å². The fourth-order valence-electron chi connectivity index (χ4n) is 1.81. The zero-order valence-electron chi connectivity index (χ0n) is 10.7. The molecule has 0 bridgehead atoms. The molecule has 0 aromatic heterocycles. The number of amides is 1. The Hall–Kier alpha value is -1.14. The van der Waals surface area contributed by atoms with Gasteiger partial charge in [0.05, 0.1) is 5.92 Å². The lowest BCUT2D eigenvalue weighted by Crippen LogP contribution is -2.28. The molecule has 8 heteroatoms. The second kappa shape index (κ2) is 5.93. The molecular weight excluding hydrogens is 330 g/mol. The van der Waals surface area contributed by atoms with E-state index >= 15 is 0 Å². The quantitative estimate of drug-likeness (QED) is 0.833.